The van der Waals surface area contributed by atoms with E-state index in [-0.39, 0.29) is 6.61 Å². The van der Waals surface area contributed by atoms with E-state index in [1.807, 2.05) is 12.1 Å². The molecule has 2 aromatic heterocycles. The number of hydrogen-bond acceptors (Lipinski definition) is 6. The summed E-state index contributed by atoms with van der Waals surface area (Å²) in [6, 6.07) is 3.73. The maximum absolute atomic E-state index is 9.01. The first kappa shape index (κ1) is 12.1. The number of aliphatic hydroxyl groups is 1. The van der Waals surface area contributed by atoms with E-state index in [1.54, 1.807) is 10.8 Å². The third kappa shape index (κ3) is 2.33. The van der Waals surface area contributed by atoms with E-state index in [9.17, 15) is 0 Å². The number of ether oxygens (including phenoxy) is 1. The number of nitrogen functional groups attached to an aromatic ring is 1. The number of anilines is 1. The minimum Gasteiger partial charge on any atom is -0.422 e. The minimum atomic E-state index is -0.486. The number of fused-ring (bicyclic) bond motifs is 1. The van der Waals surface area contributed by atoms with E-state index in [0.29, 0.717) is 18.7 Å². The van der Waals surface area contributed by atoms with Crippen LogP contribution in [-0.4, -0.2) is 32.4 Å². The molecule has 0 aliphatic rings. The van der Waals surface area contributed by atoms with E-state index in [0.717, 1.165) is 11.2 Å². The van der Waals surface area contributed by atoms with Crippen molar-refractivity contribution in [2.75, 3.05) is 12.3 Å². The summed E-state index contributed by atoms with van der Waals surface area (Å²) in [6.07, 6.45) is 3.64. The molecule has 18 heavy (non-hydrogen) atoms. The molecule has 0 aliphatic carbocycles. The number of aryl methyl sites for hydroxylation is 1. The molecule has 1 unspecified atom stereocenters. The number of aliphatic hydroxyl groups excluding tert-OH is 1. The van der Waals surface area contributed by atoms with Gasteiger partial charge in [0.15, 0.2) is 5.82 Å². The molecule has 0 aliphatic heterocycles. The first-order chi connectivity index (χ1) is 8.76. The maximum Gasteiger partial charge on any atom is 0.286 e. The van der Waals surface area contributed by atoms with Crippen LogP contribution in [0.1, 0.15) is 12.1 Å². The van der Waals surface area contributed by atoms with E-state index < -0.39 is 6.10 Å². The van der Waals surface area contributed by atoms with Crippen molar-refractivity contribution in [3.63, 3.8) is 0 Å². The highest BCUT2D eigenvalue weighted by atomic mass is 16.5. The van der Waals surface area contributed by atoms with Gasteiger partial charge in [-0.2, -0.15) is 10.4 Å². The van der Waals surface area contributed by atoms with Gasteiger partial charge >= 0.3 is 0 Å². The first-order valence-electron chi connectivity index (χ1n) is 5.49. The summed E-state index contributed by atoms with van der Waals surface area (Å²) in [5, 5.41) is 21.5. The number of rotatable bonds is 5. The number of aromatic nitrogens is 3. The van der Waals surface area contributed by atoms with Gasteiger partial charge in [0.2, 0.25) is 0 Å². The molecule has 0 radical (unpaired) electrons. The van der Waals surface area contributed by atoms with Crippen molar-refractivity contribution in [3.8, 4) is 6.26 Å². The van der Waals surface area contributed by atoms with E-state index >= 15 is 0 Å². The molecular formula is C11H13N5O2. The van der Waals surface area contributed by atoms with Gasteiger partial charge in [0, 0.05) is 5.69 Å². The number of nitrogens with two attached hydrogens (primary N) is 1. The Labute approximate surface area is 103 Å². The summed E-state index contributed by atoms with van der Waals surface area (Å²) in [5.74, 6) is 0.420. The molecule has 0 aromatic carbocycles. The number of nitrogens with zero attached hydrogens (tertiary/aromatic N) is 4. The lowest BCUT2D eigenvalue weighted by Gasteiger charge is -2.10. The molecule has 7 nitrogen and oxygen atoms in total. The third-order valence-electron chi connectivity index (χ3n) is 2.71. The summed E-state index contributed by atoms with van der Waals surface area (Å²) in [4.78, 5) is 3.90. The SMILES string of the molecule is N#COC(CO)CCc1ccc2c(N)ncnn12. The first-order valence-corrected chi connectivity index (χ1v) is 5.49. The molecule has 3 N–H and O–H groups in total. The van der Waals surface area contributed by atoms with E-state index in [4.69, 9.17) is 20.8 Å². The zero-order valence-corrected chi connectivity index (χ0v) is 9.65. The second-order valence-electron chi connectivity index (χ2n) is 3.82. The Kier molecular flexibility index (Phi) is 3.60. The van der Waals surface area contributed by atoms with Crippen LogP contribution in [0.3, 0.4) is 0 Å². The molecular weight excluding hydrogens is 234 g/mol. The Morgan fingerprint density at radius 2 is 2.39 bits per heavy atom. The van der Waals surface area contributed by atoms with Crippen molar-refractivity contribution in [2.45, 2.75) is 18.9 Å². The molecule has 2 rings (SSSR count). The predicted molar refractivity (Wildman–Crippen MR) is 63.3 cm³/mol. The van der Waals surface area contributed by atoms with Crippen LogP contribution in [0.2, 0.25) is 0 Å². The van der Waals surface area contributed by atoms with Gasteiger partial charge in [-0.1, -0.05) is 0 Å². The molecule has 7 heteroatoms. The smallest absolute Gasteiger partial charge is 0.286 e. The predicted octanol–water partition coefficient (Wildman–Crippen LogP) is 0.103. The fraction of sp³-hybridized carbons (Fsp3) is 0.364. The Bertz CT molecular complexity index is 574. The van der Waals surface area contributed by atoms with Gasteiger partial charge in [-0.15, -0.1) is 0 Å². The van der Waals surface area contributed by atoms with E-state index in [1.165, 1.54) is 6.33 Å². The van der Waals surface area contributed by atoms with Crippen molar-refractivity contribution < 1.29 is 9.84 Å². The zero-order chi connectivity index (χ0) is 13.0. The molecule has 0 spiro atoms. The highest BCUT2D eigenvalue weighted by molar-refractivity contribution is 5.65. The molecule has 94 valence electrons. The molecule has 0 amide bonds. The third-order valence-corrected chi connectivity index (χ3v) is 2.71. The quantitative estimate of drug-likeness (QED) is 0.725. The summed E-state index contributed by atoms with van der Waals surface area (Å²) in [5.41, 5.74) is 7.39. The molecule has 0 bridgehead atoms. The second-order valence-corrected chi connectivity index (χ2v) is 3.82. The van der Waals surface area contributed by atoms with Gasteiger partial charge in [-0.05, 0) is 25.0 Å². The summed E-state index contributed by atoms with van der Waals surface area (Å²) >= 11 is 0. The second kappa shape index (κ2) is 5.33. The topological polar surface area (TPSA) is 109 Å². The van der Waals surface area contributed by atoms with Gasteiger partial charge in [0.05, 0.1) is 6.61 Å². The highest BCUT2D eigenvalue weighted by Crippen LogP contribution is 2.15. The van der Waals surface area contributed by atoms with Crippen LogP contribution >= 0.6 is 0 Å². The van der Waals surface area contributed by atoms with Crippen LogP contribution in [0.15, 0.2) is 18.5 Å². The molecule has 0 saturated carbocycles. The summed E-state index contributed by atoms with van der Waals surface area (Å²) < 4.78 is 6.41. The Balaban J connectivity index is 2.13. The summed E-state index contributed by atoms with van der Waals surface area (Å²) in [6.45, 7) is -0.187. The average molecular weight is 247 g/mol. The lowest BCUT2D eigenvalue weighted by Crippen LogP contribution is -2.16. The number of nitriles is 1. The standard InChI is InChI=1S/C11H13N5O2/c12-6-18-9(5-17)3-1-8-2-4-10-11(13)14-7-15-16(8)10/h2,4,7,9,17H,1,3,5H2,(H2,13,14,15). The lowest BCUT2D eigenvalue weighted by atomic mass is 10.1. The van der Waals surface area contributed by atoms with Gasteiger partial charge in [-0.3, -0.25) is 0 Å². The Morgan fingerprint density at radius 1 is 1.56 bits per heavy atom. The van der Waals surface area contributed by atoms with Gasteiger partial charge in [0.25, 0.3) is 6.26 Å². The van der Waals surface area contributed by atoms with Gasteiger partial charge in [0.1, 0.15) is 17.9 Å². The molecule has 1 atom stereocenters. The van der Waals surface area contributed by atoms with Crippen molar-refractivity contribution >= 4 is 11.3 Å². The fourth-order valence-electron chi connectivity index (χ4n) is 1.77. The Hall–Kier alpha value is -2.33. The van der Waals surface area contributed by atoms with Crippen LogP contribution in [0.5, 0.6) is 0 Å². The Morgan fingerprint density at radius 3 is 3.11 bits per heavy atom. The molecule has 0 fully saturated rings. The lowest BCUT2D eigenvalue weighted by molar-refractivity contribution is 0.0821. The van der Waals surface area contributed by atoms with Crippen molar-refractivity contribution in [2.24, 2.45) is 0 Å². The summed E-state index contributed by atoms with van der Waals surface area (Å²) in [7, 11) is 0. The zero-order valence-electron chi connectivity index (χ0n) is 9.65. The van der Waals surface area contributed by atoms with Crippen LogP contribution in [0.25, 0.3) is 5.52 Å². The van der Waals surface area contributed by atoms with Crippen LogP contribution in [0.4, 0.5) is 5.82 Å². The molecule has 0 saturated heterocycles. The molecule has 2 heterocycles. The van der Waals surface area contributed by atoms with Crippen LogP contribution < -0.4 is 5.73 Å². The minimum absolute atomic E-state index is 0.187. The normalized spacial score (nSPS) is 12.2. The average Bonchev–Trinajstić information content (AvgIpc) is 2.79. The van der Waals surface area contributed by atoms with Crippen molar-refractivity contribution in [3.05, 3.63) is 24.2 Å². The highest BCUT2D eigenvalue weighted by Gasteiger charge is 2.11. The maximum atomic E-state index is 9.01. The van der Waals surface area contributed by atoms with Crippen molar-refractivity contribution in [1.29, 1.82) is 5.26 Å². The fourth-order valence-corrected chi connectivity index (χ4v) is 1.77. The van der Waals surface area contributed by atoms with E-state index in [2.05, 4.69) is 10.1 Å². The van der Waals surface area contributed by atoms with Crippen LogP contribution in [-0.2, 0) is 11.2 Å². The largest absolute Gasteiger partial charge is 0.422 e. The van der Waals surface area contributed by atoms with Crippen molar-refractivity contribution in [1.82, 2.24) is 14.6 Å². The van der Waals surface area contributed by atoms with Crippen LogP contribution in [0, 0.1) is 11.5 Å². The van der Waals surface area contributed by atoms with Gasteiger partial charge in [-0.25, -0.2) is 9.50 Å². The monoisotopic (exact) mass is 247 g/mol. The molecule has 2 aromatic rings. The van der Waals surface area contributed by atoms with Gasteiger partial charge < -0.3 is 15.6 Å². The number of hydrogen-bond donors (Lipinski definition) is 2.